The van der Waals surface area contributed by atoms with Gasteiger partial charge in [0.05, 0.1) is 7.18 Å². The van der Waals surface area contributed by atoms with Crippen molar-refractivity contribution in [1.82, 2.24) is 0 Å². The van der Waals surface area contributed by atoms with Gasteiger partial charge >= 0.3 is 0 Å². The molecule has 0 bridgehead atoms. The lowest BCUT2D eigenvalue weighted by Gasteiger charge is -2.22. The van der Waals surface area contributed by atoms with Crippen LogP contribution in [-0.2, 0) is 5.41 Å². The van der Waals surface area contributed by atoms with Gasteiger partial charge in [0.1, 0.15) is 0 Å². The zero-order valence-corrected chi connectivity index (χ0v) is 9.52. The summed E-state index contributed by atoms with van der Waals surface area (Å²) in [6, 6.07) is 6.70. The Kier molecular flexibility index (Phi) is 5.40. The van der Waals surface area contributed by atoms with Gasteiger partial charge in [-0.1, -0.05) is 45.0 Å². The Bertz CT molecular complexity index is 287. The monoisotopic (exact) mass is 218 g/mol. The van der Waals surface area contributed by atoms with Crippen LogP contribution in [0.5, 0.6) is 0 Å². The molecule has 3 heteroatoms. The van der Waals surface area contributed by atoms with Crippen molar-refractivity contribution in [2.24, 2.45) is 0 Å². The van der Waals surface area contributed by atoms with Crippen LogP contribution in [0.4, 0.5) is 13.2 Å². The van der Waals surface area contributed by atoms with Gasteiger partial charge in [-0.05, 0) is 11.0 Å². The normalized spacial score (nSPS) is 10.9. The molecule has 0 spiro atoms. The van der Waals surface area contributed by atoms with Crippen molar-refractivity contribution in [2.45, 2.75) is 32.6 Å². The molecule has 0 aliphatic carbocycles. The van der Waals surface area contributed by atoms with E-state index < -0.39 is 6.43 Å². The summed E-state index contributed by atoms with van der Waals surface area (Å²) in [6.45, 7) is 5.82. The van der Waals surface area contributed by atoms with Crippen LogP contribution >= 0.6 is 0 Å². The van der Waals surface area contributed by atoms with E-state index in [-0.39, 0.29) is 11.0 Å². The Labute approximate surface area is 89.1 Å². The molecule has 0 aliphatic rings. The van der Waals surface area contributed by atoms with E-state index in [4.69, 9.17) is 0 Å². The smallest absolute Gasteiger partial charge is 0.255 e. The molecule has 0 unspecified atom stereocenters. The lowest BCUT2D eigenvalue weighted by molar-refractivity contribution is 0.149. The van der Waals surface area contributed by atoms with Gasteiger partial charge in [0.25, 0.3) is 6.43 Å². The molecule has 0 N–H and O–H groups in total. The van der Waals surface area contributed by atoms with Crippen LogP contribution < -0.4 is 0 Å². The zero-order chi connectivity index (χ0) is 12.1. The minimum absolute atomic E-state index is 0.148. The molecule has 1 rings (SSSR count). The minimum Gasteiger partial charge on any atom is -0.255 e. The first kappa shape index (κ1) is 14.0. The molecule has 0 aromatic heterocycles. The first-order valence-electron chi connectivity index (χ1n) is 4.68. The van der Waals surface area contributed by atoms with Crippen LogP contribution in [0.25, 0.3) is 0 Å². The molecule has 0 fully saturated rings. The molecule has 0 saturated heterocycles. The summed E-state index contributed by atoms with van der Waals surface area (Å²) in [5.41, 5.74) is 0.660. The van der Waals surface area contributed by atoms with E-state index in [1.165, 1.54) is 6.07 Å². The van der Waals surface area contributed by atoms with E-state index in [9.17, 15) is 13.2 Å². The maximum Gasteiger partial charge on any atom is 0.264 e. The highest BCUT2D eigenvalue weighted by Gasteiger charge is 2.21. The van der Waals surface area contributed by atoms with Gasteiger partial charge in [0.2, 0.25) is 0 Å². The second kappa shape index (κ2) is 5.79. The molecule has 0 radical (unpaired) electrons. The van der Waals surface area contributed by atoms with Gasteiger partial charge in [0.15, 0.2) is 0 Å². The molecular weight excluding hydrogens is 201 g/mol. The predicted molar refractivity (Wildman–Crippen MR) is 57.1 cm³/mol. The Hall–Kier alpha value is -0.990. The van der Waals surface area contributed by atoms with E-state index in [0.717, 1.165) is 5.56 Å². The van der Waals surface area contributed by atoms with Gasteiger partial charge < -0.3 is 0 Å². The molecule has 1 aromatic carbocycles. The Morgan fingerprint density at radius 1 is 1.00 bits per heavy atom. The summed E-state index contributed by atoms with van der Waals surface area (Å²) in [6.07, 6.45) is -2.38. The topological polar surface area (TPSA) is 0 Å². The lowest BCUT2D eigenvalue weighted by atomic mass is 9.84. The van der Waals surface area contributed by atoms with Crippen molar-refractivity contribution in [3.63, 3.8) is 0 Å². The highest BCUT2D eigenvalue weighted by Crippen LogP contribution is 2.31. The maximum atomic E-state index is 12.6. The predicted octanol–water partition coefficient (Wildman–Crippen LogP) is 4.51. The Morgan fingerprint density at radius 2 is 1.47 bits per heavy atom. The minimum atomic E-state index is -2.38. The second-order valence-corrected chi connectivity index (χ2v) is 4.14. The Balaban J connectivity index is 0.000000921. The quantitative estimate of drug-likeness (QED) is 0.650. The summed E-state index contributed by atoms with van der Waals surface area (Å²) in [4.78, 5) is 0. The first-order valence-corrected chi connectivity index (χ1v) is 4.68. The van der Waals surface area contributed by atoms with Crippen LogP contribution in [0.2, 0.25) is 0 Å². The SMILES string of the molecule is CC(C)(C)c1ccccc1C(F)F.CF. The van der Waals surface area contributed by atoms with Gasteiger partial charge in [-0.2, -0.15) is 0 Å². The van der Waals surface area contributed by atoms with Crippen molar-refractivity contribution >= 4 is 0 Å². The number of benzene rings is 1. The molecule has 0 amide bonds. The largest absolute Gasteiger partial charge is 0.264 e. The fourth-order valence-electron chi connectivity index (χ4n) is 1.37. The van der Waals surface area contributed by atoms with E-state index in [1.807, 2.05) is 20.8 Å². The molecule has 0 aliphatic heterocycles. The summed E-state index contributed by atoms with van der Waals surface area (Å²) in [7, 11) is 0.500. The number of rotatable bonds is 1. The standard InChI is InChI=1S/C11H14F2.CH3F/c1-11(2,3)9-7-5-4-6-8(9)10(12)13;1-2/h4-7,10H,1-3H3;1H3. The Morgan fingerprint density at radius 3 is 1.80 bits per heavy atom. The van der Waals surface area contributed by atoms with Gasteiger partial charge in [-0.3, -0.25) is 4.39 Å². The van der Waals surface area contributed by atoms with Crippen LogP contribution in [0.15, 0.2) is 24.3 Å². The van der Waals surface area contributed by atoms with Gasteiger partial charge in [0, 0.05) is 5.56 Å². The molecule has 86 valence electrons. The van der Waals surface area contributed by atoms with Gasteiger partial charge in [-0.25, -0.2) is 8.78 Å². The zero-order valence-electron chi connectivity index (χ0n) is 9.52. The fourth-order valence-corrected chi connectivity index (χ4v) is 1.37. The second-order valence-electron chi connectivity index (χ2n) is 4.14. The van der Waals surface area contributed by atoms with Crippen LogP contribution in [0, 0.1) is 0 Å². The number of hydrogen-bond donors (Lipinski definition) is 0. The van der Waals surface area contributed by atoms with E-state index in [0.29, 0.717) is 7.18 Å². The van der Waals surface area contributed by atoms with Gasteiger partial charge in [-0.15, -0.1) is 0 Å². The van der Waals surface area contributed by atoms with Crippen molar-refractivity contribution in [1.29, 1.82) is 0 Å². The van der Waals surface area contributed by atoms with Crippen LogP contribution in [-0.4, -0.2) is 7.18 Å². The molecule has 0 heterocycles. The van der Waals surface area contributed by atoms with Crippen molar-refractivity contribution in [3.05, 3.63) is 35.4 Å². The first-order chi connectivity index (χ1) is 6.93. The molecule has 15 heavy (non-hydrogen) atoms. The molecule has 0 saturated carbocycles. The lowest BCUT2D eigenvalue weighted by Crippen LogP contribution is -2.14. The number of alkyl halides is 3. The van der Waals surface area contributed by atoms with Crippen LogP contribution in [0.3, 0.4) is 0 Å². The molecule has 0 nitrogen and oxygen atoms in total. The third-order valence-corrected chi connectivity index (χ3v) is 2.00. The number of hydrogen-bond acceptors (Lipinski definition) is 0. The summed E-state index contributed by atoms with van der Waals surface area (Å²) in [5, 5.41) is 0. The van der Waals surface area contributed by atoms with E-state index >= 15 is 0 Å². The summed E-state index contributed by atoms with van der Waals surface area (Å²) >= 11 is 0. The van der Waals surface area contributed by atoms with Crippen molar-refractivity contribution in [2.75, 3.05) is 7.18 Å². The van der Waals surface area contributed by atoms with E-state index in [2.05, 4.69) is 0 Å². The summed E-state index contributed by atoms with van der Waals surface area (Å²) in [5.74, 6) is 0. The molecule has 0 atom stereocenters. The fraction of sp³-hybridized carbons (Fsp3) is 0.500. The van der Waals surface area contributed by atoms with Crippen molar-refractivity contribution in [3.8, 4) is 0 Å². The molecular formula is C12H17F3. The highest BCUT2D eigenvalue weighted by atomic mass is 19.3. The van der Waals surface area contributed by atoms with Crippen molar-refractivity contribution < 1.29 is 13.2 Å². The average molecular weight is 218 g/mol. The highest BCUT2D eigenvalue weighted by molar-refractivity contribution is 5.33. The van der Waals surface area contributed by atoms with Crippen LogP contribution in [0.1, 0.15) is 38.3 Å². The third kappa shape index (κ3) is 3.94. The summed E-state index contributed by atoms with van der Waals surface area (Å²) < 4.78 is 34.6. The molecule has 1 aromatic rings. The third-order valence-electron chi connectivity index (χ3n) is 2.00. The number of halogens is 3. The maximum absolute atomic E-state index is 12.6. The average Bonchev–Trinajstić information content (AvgIpc) is 2.19. The van der Waals surface area contributed by atoms with E-state index in [1.54, 1.807) is 18.2 Å².